The van der Waals surface area contributed by atoms with Crippen molar-refractivity contribution in [3.63, 3.8) is 0 Å². The van der Waals surface area contributed by atoms with Gasteiger partial charge in [0.15, 0.2) is 11.6 Å². The maximum absolute atomic E-state index is 13.4. The van der Waals surface area contributed by atoms with Crippen molar-refractivity contribution in [3.8, 4) is 5.88 Å². The van der Waals surface area contributed by atoms with Crippen LogP contribution in [0.3, 0.4) is 0 Å². The average Bonchev–Trinajstić information content (AvgIpc) is 3.45. The van der Waals surface area contributed by atoms with E-state index >= 15 is 0 Å². The van der Waals surface area contributed by atoms with E-state index in [9.17, 15) is 22.8 Å². The number of hydrogen-bond acceptors (Lipinski definition) is 9. The van der Waals surface area contributed by atoms with E-state index in [1.54, 1.807) is 18.2 Å². The summed E-state index contributed by atoms with van der Waals surface area (Å²) in [6.45, 7) is 6.41. The number of fused-ring (bicyclic) bond motifs is 3. The predicted molar refractivity (Wildman–Crippen MR) is 130 cm³/mol. The van der Waals surface area contributed by atoms with Crippen LogP contribution >= 0.6 is 0 Å². The molecule has 39 heavy (non-hydrogen) atoms. The van der Waals surface area contributed by atoms with E-state index in [0.29, 0.717) is 37.6 Å². The van der Waals surface area contributed by atoms with Crippen LogP contribution in [0, 0.1) is 0 Å². The number of alkyl halides is 3. The number of dihydropyridines is 1. The number of carbonyl (C=O) groups excluding carboxylic acids is 2. The molecule has 0 aliphatic carbocycles. The van der Waals surface area contributed by atoms with Crippen molar-refractivity contribution in [1.29, 1.82) is 0 Å². The Morgan fingerprint density at radius 2 is 2.10 bits per heavy atom. The predicted octanol–water partition coefficient (Wildman–Crippen LogP) is 1.69. The zero-order valence-corrected chi connectivity index (χ0v) is 21.6. The lowest BCUT2D eigenvalue weighted by atomic mass is 10.1. The lowest BCUT2D eigenvalue weighted by Crippen LogP contribution is -2.57. The number of anilines is 1. The van der Waals surface area contributed by atoms with Crippen LogP contribution in [0.5, 0.6) is 5.88 Å². The van der Waals surface area contributed by atoms with Crippen molar-refractivity contribution in [2.24, 2.45) is 0 Å². The molecule has 4 aliphatic heterocycles. The normalized spacial score (nSPS) is 26.2. The molecule has 4 aliphatic rings. The third kappa shape index (κ3) is 5.88. The van der Waals surface area contributed by atoms with E-state index < -0.39 is 36.0 Å². The van der Waals surface area contributed by atoms with E-state index in [4.69, 9.17) is 14.2 Å². The van der Waals surface area contributed by atoms with Gasteiger partial charge >= 0.3 is 12.2 Å². The molecule has 0 spiro atoms. The van der Waals surface area contributed by atoms with Gasteiger partial charge in [0.25, 0.3) is 0 Å². The third-order valence-electron chi connectivity index (χ3n) is 6.80. The fourth-order valence-electron chi connectivity index (χ4n) is 4.80. The Morgan fingerprint density at radius 3 is 2.77 bits per heavy atom. The topological polar surface area (TPSA) is 130 Å². The van der Waals surface area contributed by atoms with Gasteiger partial charge in [0.2, 0.25) is 11.8 Å². The van der Waals surface area contributed by atoms with Gasteiger partial charge in [-0.25, -0.2) is 4.79 Å². The molecule has 2 fully saturated rings. The molecule has 1 aromatic heterocycles. The second kappa shape index (κ2) is 10.2. The first kappa shape index (κ1) is 27.0. The number of ether oxygens (including phenoxy) is 3. The number of aromatic nitrogens is 2. The molecule has 212 valence electrons. The maximum Gasteiger partial charge on any atom is 0.408 e. The highest BCUT2D eigenvalue weighted by molar-refractivity contribution is 5.91. The minimum Gasteiger partial charge on any atom is -0.474 e. The van der Waals surface area contributed by atoms with Crippen molar-refractivity contribution < 1.29 is 37.0 Å². The van der Waals surface area contributed by atoms with Crippen molar-refractivity contribution >= 4 is 17.8 Å². The first-order chi connectivity index (χ1) is 18.4. The summed E-state index contributed by atoms with van der Waals surface area (Å²) in [7, 11) is 0. The smallest absolute Gasteiger partial charge is 0.408 e. The molecular weight excluding hydrogens is 523 g/mol. The van der Waals surface area contributed by atoms with Gasteiger partial charge in [-0.1, -0.05) is 6.08 Å². The summed E-state index contributed by atoms with van der Waals surface area (Å²) in [6, 6.07) is -0.711. The van der Waals surface area contributed by atoms with Gasteiger partial charge in [-0.2, -0.15) is 13.2 Å². The summed E-state index contributed by atoms with van der Waals surface area (Å²) >= 11 is 0. The fourth-order valence-corrected chi connectivity index (χ4v) is 4.80. The number of urea groups is 1. The number of nitrogens with one attached hydrogen (secondary N) is 3. The zero-order chi connectivity index (χ0) is 27.9. The number of allylic oxidation sites excluding steroid dienone is 1. The maximum atomic E-state index is 13.4. The van der Waals surface area contributed by atoms with E-state index in [2.05, 4.69) is 25.7 Å². The Kier molecular flexibility index (Phi) is 7.05. The molecule has 0 saturated carbocycles. The summed E-state index contributed by atoms with van der Waals surface area (Å²) in [5.74, 6) is -0.746. The van der Waals surface area contributed by atoms with Crippen LogP contribution in [-0.2, 0) is 14.3 Å². The first-order valence-electron chi connectivity index (χ1n) is 12.6. The van der Waals surface area contributed by atoms with Crippen LogP contribution in [0.15, 0.2) is 35.8 Å². The minimum atomic E-state index is -4.57. The number of nitrogens with zero attached hydrogens (tertiary/aromatic N) is 4. The van der Waals surface area contributed by atoms with Gasteiger partial charge < -0.3 is 29.7 Å². The van der Waals surface area contributed by atoms with Crippen LogP contribution in [-0.4, -0.2) is 94.4 Å². The van der Waals surface area contributed by atoms with E-state index in [1.165, 1.54) is 11.0 Å². The van der Waals surface area contributed by atoms with Crippen molar-refractivity contribution in [2.75, 3.05) is 31.6 Å². The fraction of sp³-hybridized carbons (Fsp3) is 0.583. The Balaban J connectivity index is 1.23. The number of halogens is 3. The molecule has 5 rings (SSSR count). The molecule has 15 heteroatoms. The summed E-state index contributed by atoms with van der Waals surface area (Å²) in [5.41, 5.74) is 0.683. The summed E-state index contributed by atoms with van der Waals surface area (Å²) < 4.78 is 55.6. The molecule has 12 nitrogen and oxygen atoms in total. The average molecular weight is 554 g/mol. The summed E-state index contributed by atoms with van der Waals surface area (Å²) in [4.78, 5) is 29.5. The third-order valence-corrected chi connectivity index (χ3v) is 6.80. The zero-order valence-electron chi connectivity index (χ0n) is 21.6. The Bertz CT molecular complexity index is 1170. The van der Waals surface area contributed by atoms with Crippen LogP contribution in [0.1, 0.15) is 27.2 Å². The SMILES string of the molecule is C[C@@H](NC(=O)C1C=CC2=C(N1)N(C(=O)Nc1ccc(OC[C@@H]3COC(C)(C)O3)nn1)C1CCN2C1)C(F)(F)F. The lowest BCUT2D eigenvalue weighted by molar-refractivity contribution is -0.158. The highest BCUT2D eigenvalue weighted by atomic mass is 19.4. The molecule has 3 amide bonds. The Hall–Kier alpha value is -3.59. The number of hydrogen-bond donors (Lipinski definition) is 3. The van der Waals surface area contributed by atoms with E-state index in [0.717, 1.165) is 6.92 Å². The lowest BCUT2D eigenvalue weighted by Gasteiger charge is -2.40. The monoisotopic (exact) mass is 553 g/mol. The largest absolute Gasteiger partial charge is 0.474 e. The molecule has 5 heterocycles. The molecule has 0 radical (unpaired) electrons. The molecule has 2 unspecified atom stereocenters. The van der Waals surface area contributed by atoms with Crippen molar-refractivity contribution in [2.45, 2.75) is 63.4 Å². The van der Waals surface area contributed by atoms with Gasteiger partial charge in [-0.05, 0) is 39.3 Å². The molecular formula is C24H30F3N7O5. The van der Waals surface area contributed by atoms with Gasteiger partial charge in [0.05, 0.1) is 18.3 Å². The molecule has 2 bridgehead atoms. The second-order valence-electron chi connectivity index (χ2n) is 10.2. The van der Waals surface area contributed by atoms with E-state index in [1.807, 2.05) is 19.2 Å². The second-order valence-corrected chi connectivity index (χ2v) is 10.2. The Labute approximate surface area is 222 Å². The number of carbonyl (C=O) groups is 2. The molecule has 4 atom stereocenters. The van der Waals surface area contributed by atoms with Crippen molar-refractivity contribution in [1.82, 2.24) is 30.6 Å². The number of amides is 3. The van der Waals surface area contributed by atoms with Crippen LogP contribution in [0.25, 0.3) is 0 Å². The molecule has 1 aromatic rings. The van der Waals surface area contributed by atoms with Crippen molar-refractivity contribution in [3.05, 3.63) is 35.8 Å². The van der Waals surface area contributed by atoms with Crippen LogP contribution in [0.4, 0.5) is 23.8 Å². The minimum absolute atomic E-state index is 0.177. The van der Waals surface area contributed by atoms with Crippen LogP contribution in [0.2, 0.25) is 0 Å². The van der Waals surface area contributed by atoms with Gasteiger partial charge in [0, 0.05) is 19.2 Å². The standard InChI is InChI=1S/C24H30F3N7O5/c1-13(24(25,26)27)28-21(35)16-4-5-17-20(29-16)34(14-8-9-33(17)10-14)22(36)30-18-6-7-19(32-31-18)37-11-15-12-38-23(2,3)39-15/h4-7,13-16,29H,8-12H2,1-3H3,(H,28,35)(H,30,31,36)/t13-,14?,15-,16?/m1/s1. The number of rotatable bonds is 6. The van der Waals surface area contributed by atoms with Gasteiger partial charge in [-0.15, -0.1) is 10.2 Å². The Morgan fingerprint density at radius 1 is 1.31 bits per heavy atom. The summed E-state index contributed by atoms with van der Waals surface area (Å²) in [6.07, 6.45) is -0.993. The molecule has 3 N–H and O–H groups in total. The molecule has 0 aromatic carbocycles. The molecule has 2 saturated heterocycles. The quantitative estimate of drug-likeness (QED) is 0.482. The van der Waals surface area contributed by atoms with Gasteiger partial charge in [0.1, 0.15) is 30.6 Å². The van der Waals surface area contributed by atoms with Gasteiger partial charge in [-0.3, -0.25) is 15.0 Å². The highest BCUT2D eigenvalue weighted by Gasteiger charge is 2.44. The van der Waals surface area contributed by atoms with Crippen LogP contribution < -0.4 is 20.7 Å². The highest BCUT2D eigenvalue weighted by Crippen LogP contribution is 2.33. The first-order valence-corrected chi connectivity index (χ1v) is 12.6. The summed E-state index contributed by atoms with van der Waals surface area (Å²) in [5, 5.41) is 15.6. The van der Waals surface area contributed by atoms with E-state index in [-0.39, 0.29) is 30.5 Å².